The number of phenolic OH excluding ortho intramolecular Hbond substituents is 2. The van der Waals surface area contributed by atoms with Crippen molar-refractivity contribution in [2.24, 2.45) is 5.16 Å². The molecule has 1 heterocycles. The molecule has 0 aliphatic heterocycles. The summed E-state index contributed by atoms with van der Waals surface area (Å²) in [6.07, 6.45) is 3.80. The molecule has 0 fully saturated rings. The molecule has 0 unspecified atom stereocenters. The summed E-state index contributed by atoms with van der Waals surface area (Å²) in [6.45, 7) is 0. The van der Waals surface area contributed by atoms with Gasteiger partial charge in [0.15, 0.2) is 0 Å². The molecule has 0 amide bonds. The minimum atomic E-state index is -0.145. The van der Waals surface area contributed by atoms with Gasteiger partial charge in [0.25, 0.3) is 0 Å². The van der Waals surface area contributed by atoms with E-state index >= 15 is 0 Å². The third-order valence-electron chi connectivity index (χ3n) is 3.44. The van der Waals surface area contributed by atoms with Gasteiger partial charge in [0.1, 0.15) is 11.5 Å². The van der Waals surface area contributed by atoms with E-state index in [-0.39, 0.29) is 17.2 Å². The molecule has 0 aliphatic carbocycles. The number of oxime groups is 1. The smallest absolute Gasteiger partial charge is 0.128 e. The number of hydrogen-bond acceptors (Lipinski definition) is 5. The molecule has 3 N–H and O–H groups in total. The Bertz CT molecular complexity index is 841. The molecule has 3 rings (SSSR count). The monoisotopic (exact) mass is 309 g/mol. The van der Waals surface area contributed by atoms with Gasteiger partial charge in [-0.25, -0.2) is 4.68 Å². The quantitative estimate of drug-likeness (QED) is 0.392. The van der Waals surface area contributed by atoms with E-state index in [1.807, 2.05) is 36.5 Å². The molecule has 23 heavy (non-hydrogen) atoms. The average Bonchev–Trinajstić information content (AvgIpc) is 3.03. The lowest BCUT2D eigenvalue weighted by Crippen LogP contribution is -2.05. The molecule has 2 aromatic carbocycles. The Kier molecular flexibility index (Phi) is 3.97. The van der Waals surface area contributed by atoms with Crippen LogP contribution in [0.1, 0.15) is 11.1 Å². The minimum absolute atomic E-state index is 0.0552. The van der Waals surface area contributed by atoms with Gasteiger partial charge >= 0.3 is 0 Å². The molecule has 0 bridgehead atoms. The molecule has 0 spiro atoms. The first kappa shape index (κ1) is 14.6. The van der Waals surface area contributed by atoms with Gasteiger partial charge in [0.2, 0.25) is 0 Å². The fraction of sp³-hybridized carbons (Fsp3) is 0.0588. The van der Waals surface area contributed by atoms with Crippen LogP contribution >= 0.6 is 0 Å². The summed E-state index contributed by atoms with van der Waals surface area (Å²) in [5, 5.41) is 36.0. The van der Waals surface area contributed by atoms with E-state index in [4.69, 9.17) is 0 Å². The molecular formula is C17H15N3O3. The van der Waals surface area contributed by atoms with Gasteiger partial charge in [0, 0.05) is 24.2 Å². The van der Waals surface area contributed by atoms with Gasteiger partial charge in [0.05, 0.1) is 17.6 Å². The van der Waals surface area contributed by atoms with Crippen LogP contribution in [0.3, 0.4) is 0 Å². The van der Waals surface area contributed by atoms with Gasteiger partial charge in [-0.3, -0.25) is 0 Å². The lowest BCUT2D eigenvalue weighted by Gasteiger charge is -2.06. The van der Waals surface area contributed by atoms with E-state index in [0.29, 0.717) is 12.0 Å². The van der Waals surface area contributed by atoms with Crippen molar-refractivity contribution in [3.05, 3.63) is 72.1 Å². The van der Waals surface area contributed by atoms with Crippen molar-refractivity contribution in [1.82, 2.24) is 9.78 Å². The van der Waals surface area contributed by atoms with Gasteiger partial charge in [-0.1, -0.05) is 23.4 Å². The number of para-hydroxylation sites is 1. The number of aromatic hydroxyl groups is 2. The van der Waals surface area contributed by atoms with Crippen LogP contribution in [0.2, 0.25) is 0 Å². The number of rotatable bonds is 4. The molecule has 0 aliphatic rings. The summed E-state index contributed by atoms with van der Waals surface area (Å²) in [5.41, 5.74) is 2.40. The van der Waals surface area contributed by atoms with Gasteiger partial charge < -0.3 is 15.4 Å². The van der Waals surface area contributed by atoms with Crippen LogP contribution in [0.15, 0.2) is 66.1 Å². The predicted molar refractivity (Wildman–Crippen MR) is 85.4 cm³/mol. The molecule has 0 saturated heterocycles. The van der Waals surface area contributed by atoms with Crippen LogP contribution in [0.25, 0.3) is 5.69 Å². The van der Waals surface area contributed by atoms with Gasteiger partial charge in [-0.05, 0) is 29.8 Å². The van der Waals surface area contributed by atoms with Crippen molar-refractivity contribution < 1.29 is 15.4 Å². The molecule has 6 heteroatoms. The van der Waals surface area contributed by atoms with Gasteiger partial charge in [-0.15, -0.1) is 0 Å². The zero-order chi connectivity index (χ0) is 16.2. The van der Waals surface area contributed by atoms with Crippen LogP contribution in [-0.4, -0.2) is 30.9 Å². The summed E-state index contributed by atoms with van der Waals surface area (Å²) in [4.78, 5) is 0. The molecule has 0 atom stereocenters. The van der Waals surface area contributed by atoms with Crippen molar-refractivity contribution in [3.63, 3.8) is 0 Å². The van der Waals surface area contributed by atoms with Crippen molar-refractivity contribution >= 4 is 5.71 Å². The number of hydrogen-bond donors (Lipinski definition) is 3. The molecule has 0 saturated carbocycles. The highest BCUT2D eigenvalue weighted by molar-refractivity contribution is 6.03. The highest BCUT2D eigenvalue weighted by atomic mass is 16.4. The van der Waals surface area contributed by atoms with Crippen molar-refractivity contribution in [1.29, 1.82) is 0 Å². The first-order valence-electron chi connectivity index (χ1n) is 6.99. The molecule has 0 radical (unpaired) electrons. The Morgan fingerprint density at radius 3 is 2.57 bits per heavy atom. The largest absolute Gasteiger partial charge is 0.508 e. The number of phenols is 2. The van der Waals surface area contributed by atoms with Crippen LogP contribution in [0.4, 0.5) is 0 Å². The number of benzene rings is 2. The third kappa shape index (κ3) is 3.16. The summed E-state index contributed by atoms with van der Waals surface area (Å²) in [7, 11) is 0. The Labute approximate surface area is 132 Å². The first-order chi connectivity index (χ1) is 11.2. The minimum Gasteiger partial charge on any atom is -0.508 e. The molecule has 1 aromatic heterocycles. The Morgan fingerprint density at radius 1 is 1.09 bits per heavy atom. The molecule has 3 aromatic rings. The van der Waals surface area contributed by atoms with Crippen LogP contribution in [0.5, 0.6) is 11.5 Å². The van der Waals surface area contributed by atoms with E-state index in [2.05, 4.69) is 10.3 Å². The Balaban J connectivity index is 1.85. The lowest BCUT2D eigenvalue weighted by atomic mass is 10.0. The SMILES string of the molecule is O/N=C(/Cc1cnn(-c2ccccc2)c1)c1ccc(O)cc1O. The summed E-state index contributed by atoms with van der Waals surface area (Å²) in [5.74, 6) is -0.200. The number of nitrogens with zero attached hydrogens (tertiary/aromatic N) is 3. The average molecular weight is 309 g/mol. The molecule has 6 nitrogen and oxygen atoms in total. The van der Waals surface area contributed by atoms with Crippen LogP contribution in [-0.2, 0) is 6.42 Å². The summed E-state index contributed by atoms with van der Waals surface area (Å²) in [6, 6.07) is 13.8. The van der Waals surface area contributed by atoms with Crippen LogP contribution < -0.4 is 0 Å². The van der Waals surface area contributed by atoms with Gasteiger partial charge in [-0.2, -0.15) is 5.10 Å². The topological polar surface area (TPSA) is 90.9 Å². The highest BCUT2D eigenvalue weighted by Gasteiger charge is 2.13. The number of aromatic nitrogens is 2. The summed E-state index contributed by atoms with van der Waals surface area (Å²) >= 11 is 0. The fourth-order valence-corrected chi connectivity index (χ4v) is 2.32. The third-order valence-corrected chi connectivity index (χ3v) is 3.44. The van der Waals surface area contributed by atoms with Crippen molar-refractivity contribution in [3.8, 4) is 17.2 Å². The van der Waals surface area contributed by atoms with E-state index < -0.39 is 0 Å². The van der Waals surface area contributed by atoms with E-state index in [0.717, 1.165) is 11.3 Å². The van der Waals surface area contributed by atoms with E-state index in [1.165, 1.54) is 18.2 Å². The maximum Gasteiger partial charge on any atom is 0.128 e. The zero-order valence-electron chi connectivity index (χ0n) is 12.2. The first-order valence-corrected chi connectivity index (χ1v) is 6.99. The van der Waals surface area contributed by atoms with E-state index in [9.17, 15) is 15.4 Å². The Hall–Kier alpha value is -3.28. The second kappa shape index (κ2) is 6.23. The molecular weight excluding hydrogens is 294 g/mol. The lowest BCUT2D eigenvalue weighted by molar-refractivity contribution is 0.318. The highest BCUT2D eigenvalue weighted by Crippen LogP contribution is 2.24. The fourth-order valence-electron chi connectivity index (χ4n) is 2.32. The summed E-state index contributed by atoms with van der Waals surface area (Å²) < 4.78 is 1.72. The predicted octanol–water partition coefficient (Wildman–Crippen LogP) is 2.70. The van der Waals surface area contributed by atoms with Crippen molar-refractivity contribution in [2.45, 2.75) is 6.42 Å². The van der Waals surface area contributed by atoms with Crippen molar-refractivity contribution in [2.75, 3.05) is 0 Å². The zero-order valence-corrected chi connectivity index (χ0v) is 12.2. The van der Waals surface area contributed by atoms with Crippen LogP contribution in [0, 0.1) is 0 Å². The standard InChI is InChI=1S/C17H15N3O3/c21-14-6-7-15(17(22)9-14)16(19-23)8-12-10-18-20(11-12)13-4-2-1-3-5-13/h1-7,9-11,21-23H,8H2/b19-16-. The second-order valence-corrected chi connectivity index (χ2v) is 5.05. The maximum atomic E-state index is 9.88. The maximum absolute atomic E-state index is 9.88. The normalized spacial score (nSPS) is 11.6. The second-order valence-electron chi connectivity index (χ2n) is 5.05. The molecule has 116 valence electrons. The van der Waals surface area contributed by atoms with E-state index in [1.54, 1.807) is 10.9 Å². The Morgan fingerprint density at radius 2 is 1.87 bits per heavy atom.